The standard InChI is InChI=1S/C15H22N4/c1-11(2)16-8-15-17-10-19(18-15)9-14-6-5-12(3)13(4)7-14/h5-7,10-11,16H,8-9H2,1-4H3. The molecule has 0 unspecified atom stereocenters. The van der Waals surface area contributed by atoms with Gasteiger partial charge in [-0.3, -0.25) is 0 Å². The minimum atomic E-state index is 0.451. The Morgan fingerprint density at radius 2 is 2.00 bits per heavy atom. The Morgan fingerprint density at radius 3 is 2.68 bits per heavy atom. The maximum atomic E-state index is 4.47. The largest absolute Gasteiger partial charge is 0.308 e. The molecule has 0 aliphatic heterocycles. The number of aromatic nitrogens is 3. The van der Waals surface area contributed by atoms with Crippen LogP contribution in [0, 0.1) is 13.8 Å². The molecule has 102 valence electrons. The molecule has 0 aliphatic rings. The van der Waals surface area contributed by atoms with Crippen LogP contribution in [0.25, 0.3) is 0 Å². The van der Waals surface area contributed by atoms with E-state index in [2.05, 4.69) is 61.3 Å². The molecule has 1 aromatic carbocycles. The summed E-state index contributed by atoms with van der Waals surface area (Å²) in [4.78, 5) is 4.31. The van der Waals surface area contributed by atoms with E-state index < -0.39 is 0 Å². The molecule has 0 atom stereocenters. The van der Waals surface area contributed by atoms with Crippen LogP contribution in [-0.4, -0.2) is 20.8 Å². The van der Waals surface area contributed by atoms with E-state index >= 15 is 0 Å². The number of benzene rings is 1. The van der Waals surface area contributed by atoms with Gasteiger partial charge in [-0.25, -0.2) is 9.67 Å². The normalized spacial score (nSPS) is 11.2. The molecular weight excluding hydrogens is 236 g/mol. The van der Waals surface area contributed by atoms with E-state index in [1.54, 1.807) is 6.33 Å². The maximum Gasteiger partial charge on any atom is 0.164 e. The van der Waals surface area contributed by atoms with Crippen LogP contribution >= 0.6 is 0 Å². The summed E-state index contributed by atoms with van der Waals surface area (Å²) in [6.07, 6.45) is 1.80. The van der Waals surface area contributed by atoms with Crippen LogP contribution in [0.5, 0.6) is 0 Å². The first-order valence-electron chi connectivity index (χ1n) is 6.72. The second-order valence-corrected chi connectivity index (χ2v) is 5.31. The number of hydrogen-bond acceptors (Lipinski definition) is 3. The molecule has 1 heterocycles. The molecule has 0 bridgehead atoms. The quantitative estimate of drug-likeness (QED) is 0.895. The third-order valence-corrected chi connectivity index (χ3v) is 3.17. The first kappa shape index (κ1) is 13.7. The molecule has 0 amide bonds. The Morgan fingerprint density at radius 1 is 1.21 bits per heavy atom. The van der Waals surface area contributed by atoms with Gasteiger partial charge in [0, 0.05) is 6.04 Å². The molecule has 0 fully saturated rings. The molecular formula is C15H22N4. The van der Waals surface area contributed by atoms with Gasteiger partial charge < -0.3 is 5.32 Å². The topological polar surface area (TPSA) is 42.7 Å². The van der Waals surface area contributed by atoms with Crippen molar-refractivity contribution < 1.29 is 0 Å². The average molecular weight is 258 g/mol. The lowest BCUT2D eigenvalue weighted by atomic mass is 10.1. The van der Waals surface area contributed by atoms with Crippen molar-refractivity contribution in [1.82, 2.24) is 20.1 Å². The van der Waals surface area contributed by atoms with Gasteiger partial charge in [-0.15, -0.1) is 0 Å². The van der Waals surface area contributed by atoms with Crippen LogP contribution in [0.15, 0.2) is 24.5 Å². The smallest absolute Gasteiger partial charge is 0.164 e. The summed E-state index contributed by atoms with van der Waals surface area (Å²) >= 11 is 0. The molecule has 2 rings (SSSR count). The summed E-state index contributed by atoms with van der Waals surface area (Å²) in [5, 5.41) is 7.79. The second-order valence-electron chi connectivity index (χ2n) is 5.31. The highest BCUT2D eigenvalue weighted by molar-refractivity contribution is 5.29. The molecule has 1 aromatic heterocycles. The summed E-state index contributed by atoms with van der Waals surface area (Å²) in [5.41, 5.74) is 3.90. The second kappa shape index (κ2) is 5.97. The van der Waals surface area contributed by atoms with Crippen LogP contribution in [0.2, 0.25) is 0 Å². The predicted octanol–water partition coefficient (Wildman–Crippen LogP) is 2.44. The van der Waals surface area contributed by atoms with E-state index in [9.17, 15) is 0 Å². The fraction of sp³-hybridized carbons (Fsp3) is 0.467. The van der Waals surface area contributed by atoms with Gasteiger partial charge in [-0.2, -0.15) is 5.10 Å². The van der Waals surface area contributed by atoms with Crippen molar-refractivity contribution in [3.63, 3.8) is 0 Å². The van der Waals surface area contributed by atoms with Crippen LogP contribution in [0.3, 0.4) is 0 Å². The zero-order valence-corrected chi connectivity index (χ0v) is 12.1. The van der Waals surface area contributed by atoms with E-state index in [1.165, 1.54) is 16.7 Å². The van der Waals surface area contributed by atoms with Crippen LogP contribution in [0.4, 0.5) is 0 Å². The molecule has 0 saturated heterocycles. The number of nitrogens with one attached hydrogen (secondary N) is 1. The summed E-state index contributed by atoms with van der Waals surface area (Å²) < 4.78 is 1.89. The van der Waals surface area contributed by atoms with Gasteiger partial charge in [0.25, 0.3) is 0 Å². The molecule has 0 saturated carbocycles. The summed E-state index contributed by atoms with van der Waals surface area (Å²) in [6.45, 7) is 9.99. The van der Waals surface area contributed by atoms with Gasteiger partial charge in [-0.05, 0) is 30.5 Å². The Balaban J connectivity index is 2.01. The van der Waals surface area contributed by atoms with Gasteiger partial charge in [-0.1, -0.05) is 32.0 Å². The lowest BCUT2D eigenvalue weighted by Crippen LogP contribution is -2.22. The molecule has 2 aromatic rings. The number of hydrogen-bond donors (Lipinski definition) is 1. The fourth-order valence-corrected chi connectivity index (χ4v) is 1.87. The minimum Gasteiger partial charge on any atom is -0.308 e. The van der Waals surface area contributed by atoms with E-state index in [0.717, 1.165) is 18.9 Å². The van der Waals surface area contributed by atoms with Crippen molar-refractivity contribution in [3.8, 4) is 0 Å². The SMILES string of the molecule is Cc1ccc(Cn2cnc(CNC(C)C)n2)cc1C. The first-order valence-corrected chi connectivity index (χ1v) is 6.72. The van der Waals surface area contributed by atoms with E-state index in [4.69, 9.17) is 0 Å². The number of rotatable bonds is 5. The van der Waals surface area contributed by atoms with E-state index in [0.29, 0.717) is 6.04 Å². The summed E-state index contributed by atoms with van der Waals surface area (Å²) in [5.74, 6) is 0.845. The Bertz CT molecular complexity index is 543. The summed E-state index contributed by atoms with van der Waals surface area (Å²) in [6, 6.07) is 6.97. The monoisotopic (exact) mass is 258 g/mol. The third kappa shape index (κ3) is 3.89. The van der Waals surface area contributed by atoms with Crippen molar-refractivity contribution in [2.75, 3.05) is 0 Å². The minimum absolute atomic E-state index is 0.451. The van der Waals surface area contributed by atoms with Gasteiger partial charge in [0.2, 0.25) is 0 Å². The van der Waals surface area contributed by atoms with Crippen molar-refractivity contribution in [1.29, 1.82) is 0 Å². The third-order valence-electron chi connectivity index (χ3n) is 3.17. The van der Waals surface area contributed by atoms with Crippen molar-refractivity contribution in [3.05, 3.63) is 47.0 Å². The lowest BCUT2D eigenvalue weighted by Gasteiger charge is -2.05. The highest BCUT2D eigenvalue weighted by Gasteiger charge is 2.03. The van der Waals surface area contributed by atoms with Crippen molar-refractivity contribution >= 4 is 0 Å². The Labute approximate surface area is 114 Å². The number of aryl methyl sites for hydroxylation is 2. The molecule has 4 nitrogen and oxygen atoms in total. The highest BCUT2D eigenvalue weighted by atomic mass is 15.3. The van der Waals surface area contributed by atoms with Crippen molar-refractivity contribution in [2.45, 2.75) is 46.8 Å². The van der Waals surface area contributed by atoms with Crippen molar-refractivity contribution in [2.24, 2.45) is 0 Å². The maximum absolute atomic E-state index is 4.47. The molecule has 4 heteroatoms. The van der Waals surface area contributed by atoms with Gasteiger partial charge in [0.15, 0.2) is 5.82 Å². The van der Waals surface area contributed by atoms with Crippen LogP contribution in [0.1, 0.15) is 36.4 Å². The first-order chi connectivity index (χ1) is 9.04. The molecule has 19 heavy (non-hydrogen) atoms. The summed E-state index contributed by atoms with van der Waals surface area (Å²) in [7, 11) is 0. The van der Waals surface area contributed by atoms with Gasteiger partial charge in [0.1, 0.15) is 6.33 Å². The zero-order valence-electron chi connectivity index (χ0n) is 12.1. The van der Waals surface area contributed by atoms with Gasteiger partial charge >= 0.3 is 0 Å². The molecule has 0 aliphatic carbocycles. The Hall–Kier alpha value is -1.68. The molecule has 1 N–H and O–H groups in total. The molecule has 0 radical (unpaired) electrons. The zero-order chi connectivity index (χ0) is 13.8. The lowest BCUT2D eigenvalue weighted by molar-refractivity contribution is 0.565. The highest BCUT2D eigenvalue weighted by Crippen LogP contribution is 2.10. The number of nitrogens with zero attached hydrogens (tertiary/aromatic N) is 3. The van der Waals surface area contributed by atoms with Crippen LogP contribution < -0.4 is 5.32 Å². The Kier molecular flexibility index (Phi) is 4.32. The van der Waals surface area contributed by atoms with E-state index in [1.807, 2.05) is 4.68 Å². The predicted molar refractivity (Wildman–Crippen MR) is 77.0 cm³/mol. The van der Waals surface area contributed by atoms with Crippen LogP contribution in [-0.2, 0) is 13.1 Å². The van der Waals surface area contributed by atoms with E-state index in [-0.39, 0.29) is 0 Å². The fourth-order valence-electron chi connectivity index (χ4n) is 1.87. The molecule has 0 spiro atoms. The average Bonchev–Trinajstić information content (AvgIpc) is 2.79. The van der Waals surface area contributed by atoms with Gasteiger partial charge in [0.05, 0.1) is 13.1 Å².